The van der Waals surface area contributed by atoms with Crippen LogP contribution in [0.4, 0.5) is 45.3 Å². The van der Waals surface area contributed by atoms with E-state index in [1.807, 2.05) is 0 Å². The van der Waals surface area contributed by atoms with Crippen LogP contribution in [0.25, 0.3) is 11.3 Å². The number of nitrogens with two attached hydrogens (primary N) is 1. The normalized spacial score (nSPS) is 21.2. The quantitative estimate of drug-likeness (QED) is 0.633. The van der Waals surface area contributed by atoms with E-state index in [-0.39, 0.29) is 11.3 Å². The van der Waals surface area contributed by atoms with E-state index in [4.69, 9.17) is 5.73 Å². The van der Waals surface area contributed by atoms with Gasteiger partial charge < -0.3 is 10.7 Å². The Kier molecular flexibility index (Phi) is 6.37. The molecule has 2 aliphatic rings. The van der Waals surface area contributed by atoms with Gasteiger partial charge in [-0.05, 0) is 24.3 Å². The van der Waals surface area contributed by atoms with Gasteiger partial charge in [-0.25, -0.2) is 9.97 Å². The van der Waals surface area contributed by atoms with Crippen molar-refractivity contribution in [2.24, 2.45) is 11.8 Å². The number of likely N-dealkylation sites (tertiary alicyclic amines) is 1. The molecule has 1 saturated carbocycles. The molecule has 0 aromatic carbocycles. The smallest absolute Gasteiger partial charge is 0.383 e. The van der Waals surface area contributed by atoms with Gasteiger partial charge in [0, 0.05) is 24.8 Å². The third kappa shape index (κ3) is 6.74. The van der Waals surface area contributed by atoms with E-state index >= 15 is 0 Å². The summed E-state index contributed by atoms with van der Waals surface area (Å²) >= 11 is 0. The number of H-pyrrole nitrogens is 1. The Balaban J connectivity index is 0.000000219. The molecule has 0 radical (unpaired) electrons. The minimum Gasteiger partial charge on any atom is -0.383 e. The van der Waals surface area contributed by atoms with Gasteiger partial charge in [0.1, 0.15) is 18.1 Å². The summed E-state index contributed by atoms with van der Waals surface area (Å²) in [5, 5.41) is 0. The zero-order valence-electron chi connectivity index (χ0n) is 16.2. The van der Waals surface area contributed by atoms with Crippen molar-refractivity contribution in [3.8, 4) is 11.3 Å². The largest absolute Gasteiger partial charge is 0.419 e. The first-order chi connectivity index (χ1) is 14.6. The Morgan fingerprint density at radius 1 is 0.938 bits per heavy atom. The van der Waals surface area contributed by atoms with E-state index in [9.17, 15) is 39.5 Å². The topological polar surface area (TPSA) is 70.8 Å². The van der Waals surface area contributed by atoms with Crippen molar-refractivity contribution in [2.75, 3.05) is 25.4 Å². The van der Waals surface area contributed by atoms with E-state index < -0.39 is 48.7 Å². The van der Waals surface area contributed by atoms with Gasteiger partial charge in [0.2, 0.25) is 0 Å². The maximum absolute atomic E-state index is 12.7. The minimum absolute atomic E-state index is 0.00718. The van der Waals surface area contributed by atoms with Crippen molar-refractivity contribution in [1.29, 1.82) is 0 Å². The number of aromatic nitrogens is 3. The average molecular weight is 475 g/mol. The molecule has 0 spiro atoms. The molecular formula is C18H18F9N5. The van der Waals surface area contributed by atoms with E-state index in [1.54, 1.807) is 0 Å². The lowest BCUT2D eigenvalue weighted by Gasteiger charge is -2.18. The molecule has 2 unspecified atom stereocenters. The van der Waals surface area contributed by atoms with E-state index in [2.05, 4.69) is 15.0 Å². The number of nitrogen functional groups attached to an aromatic ring is 1. The van der Waals surface area contributed by atoms with Gasteiger partial charge in [-0.2, -0.15) is 39.5 Å². The van der Waals surface area contributed by atoms with Crippen LogP contribution < -0.4 is 5.73 Å². The Morgan fingerprint density at radius 2 is 1.56 bits per heavy atom. The highest BCUT2D eigenvalue weighted by atomic mass is 19.4. The number of anilines is 1. The van der Waals surface area contributed by atoms with Crippen molar-refractivity contribution >= 4 is 5.82 Å². The number of nitrogens with one attached hydrogen (secondary N) is 1. The molecule has 3 heterocycles. The SMILES string of the molecule is FC(F)(F)CN1CC2CC2C1.Nc1ncc(-c2cnc(CC(F)(F)F)[nH]2)cc1C(F)(F)F. The fourth-order valence-electron chi connectivity index (χ4n) is 3.52. The van der Waals surface area contributed by atoms with Crippen LogP contribution in [0.5, 0.6) is 0 Å². The molecule has 32 heavy (non-hydrogen) atoms. The standard InChI is InChI=1S/C11H8F6N4.C7H10F3N/c12-10(13,14)2-8-19-4-7(21-8)5-1-6(11(15,16)17)9(18)20-3-5;8-7(9,10)4-11-2-5-1-6(5)3-11/h1,3-4H,2H2,(H2,18,20)(H,19,21);5-6H,1-4H2. The van der Waals surface area contributed by atoms with Gasteiger partial charge in [0.05, 0.1) is 24.0 Å². The number of aromatic amines is 1. The maximum Gasteiger partial charge on any atom is 0.419 e. The summed E-state index contributed by atoms with van der Waals surface area (Å²) in [6, 6.07) is 0.702. The van der Waals surface area contributed by atoms with Crippen LogP contribution in [0.2, 0.25) is 0 Å². The Morgan fingerprint density at radius 3 is 2.09 bits per heavy atom. The van der Waals surface area contributed by atoms with Crippen LogP contribution in [0.15, 0.2) is 18.5 Å². The highest BCUT2D eigenvalue weighted by molar-refractivity contribution is 5.61. The number of imidazole rings is 1. The third-order valence-corrected chi connectivity index (χ3v) is 4.99. The summed E-state index contributed by atoms with van der Waals surface area (Å²) in [5.74, 6) is 0.0823. The maximum atomic E-state index is 12.7. The summed E-state index contributed by atoms with van der Waals surface area (Å²) in [7, 11) is 0. The molecule has 2 aromatic rings. The van der Waals surface area contributed by atoms with Crippen molar-refractivity contribution in [1.82, 2.24) is 19.9 Å². The lowest BCUT2D eigenvalue weighted by molar-refractivity contribution is -0.144. The predicted molar refractivity (Wildman–Crippen MR) is 95.1 cm³/mol. The molecule has 0 bridgehead atoms. The van der Waals surface area contributed by atoms with E-state index in [1.165, 1.54) is 4.90 Å². The number of halogens is 9. The van der Waals surface area contributed by atoms with Gasteiger partial charge in [-0.15, -0.1) is 0 Å². The Bertz CT molecular complexity index is 922. The Hall–Kier alpha value is -2.51. The van der Waals surface area contributed by atoms with Crippen molar-refractivity contribution in [3.05, 3.63) is 29.8 Å². The molecule has 14 heteroatoms. The molecule has 1 aliphatic carbocycles. The lowest BCUT2D eigenvalue weighted by atomic mass is 10.1. The molecule has 2 fully saturated rings. The number of pyridine rings is 1. The van der Waals surface area contributed by atoms with Crippen molar-refractivity contribution in [3.63, 3.8) is 0 Å². The summed E-state index contributed by atoms with van der Waals surface area (Å²) in [5.41, 5.74) is 3.91. The van der Waals surface area contributed by atoms with Crippen LogP contribution in [0.1, 0.15) is 17.8 Å². The molecule has 2 aromatic heterocycles. The second kappa shape index (κ2) is 8.45. The average Bonchev–Trinajstić information content (AvgIpc) is 2.99. The first kappa shape index (κ1) is 24.1. The zero-order chi connectivity index (χ0) is 23.9. The van der Waals surface area contributed by atoms with Crippen LogP contribution in [-0.4, -0.2) is 51.8 Å². The summed E-state index contributed by atoms with van der Waals surface area (Å²) in [4.78, 5) is 10.7. The van der Waals surface area contributed by atoms with Crippen molar-refractivity contribution < 1.29 is 39.5 Å². The monoisotopic (exact) mass is 475 g/mol. The summed E-state index contributed by atoms with van der Waals surface area (Å²) in [6.45, 7) is 0.633. The minimum atomic E-state index is -4.71. The third-order valence-electron chi connectivity index (χ3n) is 4.99. The molecule has 1 aliphatic heterocycles. The van der Waals surface area contributed by atoms with Crippen LogP contribution >= 0.6 is 0 Å². The number of piperidine rings is 1. The number of fused-ring (bicyclic) bond motifs is 1. The van der Waals surface area contributed by atoms with Crippen LogP contribution in [0.3, 0.4) is 0 Å². The zero-order valence-corrected chi connectivity index (χ0v) is 16.2. The number of hydrogen-bond donors (Lipinski definition) is 2. The molecule has 178 valence electrons. The first-order valence-corrected chi connectivity index (χ1v) is 9.33. The van der Waals surface area contributed by atoms with Gasteiger partial charge >= 0.3 is 18.5 Å². The molecule has 4 rings (SSSR count). The van der Waals surface area contributed by atoms with Gasteiger partial charge in [0.15, 0.2) is 0 Å². The molecular weight excluding hydrogens is 457 g/mol. The second-order valence-corrected chi connectivity index (χ2v) is 7.76. The molecule has 1 saturated heterocycles. The highest BCUT2D eigenvalue weighted by Gasteiger charge is 2.47. The fourth-order valence-corrected chi connectivity index (χ4v) is 3.52. The molecule has 5 nitrogen and oxygen atoms in total. The lowest BCUT2D eigenvalue weighted by Crippen LogP contribution is -2.33. The first-order valence-electron chi connectivity index (χ1n) is 9.33. The summed E-state index contributed by atoms with van der Waals surface area (Å²) < 4.78 is 110. The second-order valence-electron chi connectivity index (χ2n) is 7.76. The fraction of sp³-hybridized carbons (Fsp3) is 0.556. The van der Waals surface area contributed by atoms with E-state index in [0.29, 0.717) is 31.0 Å². The number of alkyl halides is 9. The van der Waals surface area contributed by atoms with Crippen molar-refractivity contribution in [2.45, 2.75) is 31.4 Å². The van der Waals surface area contributed by atoms with E-state index in [0.717, 1.165) is 18.8 Å². The van der Waals surface area contributed by atoms with Gasteiger partial charge in [-0.1, -0.05) is 0 Å². The van der Waals surface area contributed by atoms with Gasteiger partial charge in [0.25, 0.3) is 0 Å². The molecule has 3 N–H and O–H groups in total. The molecule has 0 amide bonds. The Labute approximate surface area is 175 Å². The van der Waals surface area contributed by atoms with Crippen LogP contribution in [-0.2, 0) is 12.6 Å². The predicted octanol–water partition coefficient (Wildman–Crippen LogP) is 4.68. The summed E-state index contributed by atoms with van der Waals surface area (Å²) in [6.07, 6.45) is -11.3. The number of nitrogens with zero attached hydrogens (tertiary/aromatic N) is 3. The van der Waals surface area contributed by atoms with Crippen LogP contribution in [0, 0.1) is 11.8 Å². The van der Waals surface area contributed by atoms with Gasteiger partial charge in [-0.3, -0.25) is 4.90 Å². The number of rotatable bonds is 3. The molecule has 2 atom stereocenters. The number of hydrogen-bond acceptors (Lipinski definition) is 4. The highest BCUT2D eigenvalue weighted by Crippen LogP contribution is 2.45.